The first-order valence-corrected chi connectivity index (χ1v) is 7.30. The summed E-state index contributed by atoms with van der Waals surface area (Å²) in [5.41, 5.74) is 2.06. The number of hydrogen-bond acceptors (Lipinski definition) is 3. The molecule has 116 valence electrons. The normalized spacial score (nSPS) is 11.0. The van der Waals surface area contributed by atoms with Gasteiger partial charge in [-0.1, -0.05) is 39.8 Å². The number of ether oxygens (including phenoxy) is 1. The average Bonchev–Trinajstić information content (AvgIpc) is 2.46. The topological polar surface area (TPSA) is 46.6 Å². The van der Waals surface area contributed by atoms with Crippen molar-refractivity contribution in [3.8, 4) is 0 Å². The first-order valence-electron chi connectivity index (χ1n) is 7.30. The van der Waals surface area contributed by atoms with Crippen LogP contribution in [0.1, 0.15) is 39.2 Å². The Kier molecular flexibility index (Phi) is 6.56. The fourth-order valence-corrected chi connectivity index (χ4v) is 1.73. The quantitative estimate of drug-likeness (QED) is 0.776. The molecule has 0 aliphatic heterocycles. The van der Waals surface area contributed by atoms with Crippen LogP contribution in [0.4, 0.5) is 5.69 Å². The lowest BCUT2D eigenvalue weighted by molar-refractivity contribution is -0.130. The van der Waals surface area contributed by atoms with E-state index in [9.17, 15) is 9.59 Å². The second kappa shape index (κ2) is 7.93. The maximum atomic E-state index is 12.0. The van der Waals surface area contributed by atoms with Crippen molar-refractivity contribution in [1.82, 2.24) is 0 Å². The Bertz CT molecular complexity index is 477. The SMILES string of the molecule is CC(C)C(=O)COCC(=O)N(C)c1ccc(C(C)C)cc1. The van der Waals surface area contributed by atoms with Gasteiger partial charge >= 0.3 is 0 Å². The van der Waals surface area contributed by atoms with Gasteiger partial charge in [0.05, 0.1) is 0 Å². The lowest BCUT2D eigenvalue weighted by Crippen LogP contribution is -2.31. The molecule has 0 unspecified atom stereocenters. The number of ketones is 1. The number of Topliss-reactive ketones (excluding diaryl/α,β-unsaturated/α-hetero) is 1. The lowest BCUT2D eigenvalue weighted by Gasteiger charge is -2.18. The minimum absolute atomic E-state index is 0.00624. The minimum Gasteiger partial charge on any atom is -0.364 e. The van der Waals surface area contributed by atoms with Crippen molar-refractivity contribution in [2.45, 2.75) is 33.6 Å². The van der Waals surface area contributed by atoms with Gasteiger partial charge in [0.2, 0.25) is 0 Å². The first-order chi connectivity index (χ1) is 9.82. The summed E-state index contributed by atoms with van der Waals surface area (Å²) in [7, 11) is 1.71. The minimum atomic E-state index is -0.163. The van der Waals surface area contributed by atoms with E-state index in [1.807, 2.05) is 38.1 Å². The third kappa shape index (κ3) is 5.31. The highest BCUT2D eigenvalue weighted by Gasteiger charge is 2.13. The van der Waals surface area contributed by atoms with Crippen LogP contribution in [0.2, 0.25) is 0 Å². The molecule has 0 radical (unpaired) electrons. The zero-order valence-corrected chi connectivity index (χ0v) is 13.6. The van der Waals surface area contributed by atoms with Crippen molar-refractivity contribution in [3.05, 3.63) is 29.8 Å². The molecule has 4 heteroatoms. The van der Waals surface area contributed by atoms with E-state index in [0.29, 0.717) is 5.92 Å². The van der Waals surface area contributed by atoms with Crippen molar-refractivity contribution >= 4 is 17.4 Å². The first kappa shape index (κ1) is 17.4. The van der Waals surface area contributed by atoms with Crippen molar-refractivity contribution < 1.29 is 14.3 Å². The molecule has 0 spiro atoms. The number of amides is 1. The molecule has 1 rings (SSSR count). The molecule has 0 N–H and O–H groups in total. The summed E-state index contributed by atoms with van der Waals surface area (Å²) in [6.07, 6.45) is 0. The van der Waals surface area contributed by atoms with Crippen LogP contribution in [0.15, 0.2) is 24.3 Å². The average molecular weight is 291 g/mol. The summed E-state index contributed by atoms with van der Waals surface area (Å²) < 4.78 is 5.18. The number of anilines is 1. The predicted molar refractivity (Wildman–Crippen MR) is 84.6 cm³/mol. The molecule has 0 fully saturated rings. The van der Waals surface area contributed by atoms with Gasteiger partial charge in [-0.05, 0) is 23.6 Å². The summed E-state index contributed by atoms with van der Waals surface area (Å²) in [6, 6.07) is 7.89. The number of carbonyl (C=O) groups is 2. The monoisotopic (exact) mass is 291 g/mol. The molecule has 0 heterocycles. The van der Waals surface area contributed by atoms with Crippen molar-refractivity contribution in [2.24, 2.45) is 5.92 Å². The largest absolute Gasteiger partial charge is 0.364 e. The number of rotatable bonds is 7. The number of likely N-dealkylation sites (N-methyl/N-ethyl adjacent to an activating group) is 1. The Morgan fingerprint density at radius 1 is 1.05 bits per heavy atom. The van der Waals surface area contributed by atoms with Gasteiger partial charge < -0.3 is 9.64 Å². The van der Waals surface area contributed by atoms with E-state index >= 15 is 0 Å². The van der Waals surface area contributed by atoms with E-state index in [2.05, 4.69) is 13.8 Å². The number of benzene rings is 1. The van der Waals surface area contributed by atoms with Gasteiger partial charge in [0, 0.05) is 18.7 Å². The van der Waals surface area contributed by atoms with Gasteiger partial charge in [-0.15, -0.1) is 0 Å². The number of hydrogen-bond donors (Lipinski definition) is 0. The molecule has 1 aromatic rings. The van der Waals surface area contributed by atoms with E-state index in [1.54, 1.807) is 11.9 Å². The molecule has 21 heavy (non-hydrogen) atoms. The standard InChI is InChI=1S/C17H25NO3/c1-12(2)14-6-8-15(9-7-14)18(5)17(20)11-21-10-16(19)13(3)4/h6-9,12-13H,10-11H2,1-5H3. The van der Waals surface area contributed by atoms with E-state index in [0.717, 1.165) is 5.69 Å². The van der Waals surface area contributed by atoms with Crippen molar-refractivity contribution in [2.75, 3.05) is 25.2 Å². The molecule has 0 saturated heterocycles. The Balaban J connectivity index is 2.52. The zero-order chi connectivity index (χ0) is 16.0. The zero-order valence-electron chi connectivity index (χ0n) is 13.6. The van der Waals surface area contributed by atoms with Crippen LogP contribution in [0.3, 0.4) is 0 Å². The van der Waals surface area contributed by atoms with Crippen LogP contribution < -0.4 is 4.90 Å². The number of nitrogens with zero attached hydrogens (tertiary/aromatic N) is 1. The lowest BCUT2D eigenvalue weighted by atomic mass is 10.0. The maximum absolute atomic E-state index is 12.0. The fourth-order valence-electron chi connectivity index (χ4n) is 1.73. The predicted octanol–water partition coefficient (Wildman–Crippen LogP) is 3.01. The van der Waals surface area contributed by atoms with Crippen LogP contribution in [0.25, 0.3) is 0 Å². The summed E-state index contributed by atoms with van der Waals surface area (Å²) in [4.78, 5) is 25.0. The molecule has 0 atom stereocenters. The van der Waals surface area contributed by atoms with Gasteiger partial charge in [-0.25, -0.2) is 0 Å². The molecule has 0 aliphatic rings. The van der Waals surface area contributed by atoms with Crippen LogP contribution in [-0.4, -0.2) is 32.0 Å². The Morgan fingerprint density at radius 2 is 1.62 bits per heavy atom. The van der Waals surface area contributed by atoms with E-state index in [1.165, 1.54) is 5.56 Å². The molecule has 0 bridgehead atoms. The Labute approximate surface area is 127 Å². The maximum Gasteiger partial charge on any atom is 0.252 e. The summed E-state index contributed by atoms with van der Waals surface area (Å²) in [5.74, 6) is 0.238. The van der Waals surface area contributed by atoms with Gasteiger partial charge in [0.25, 0.3) is 5.91 Å². The molecule has 4 nitrogen and oxygen atoms in total. The third-order valence-corrected chi connectivity index (χ3v) is 3.43. The molecular weight excluding hydrogens is 266 g/mol. The summed E-state index contributed by atoms with van der Waals surface area (Å²) in [6.45, 7) is 7.79. The van der Waals surface area contributed by atoms with Gasteiger partial charge in [0.1, 0.15) is 13.2 Å². The third-order valence-electron chi connectivity index (χ3n) is 3.43. The molecule has 0 aliphatic carbocycles. The van der Waals surface area contributed by atoms with Gasteiger partial charge in [-0.3, -0.25) is 9.59 Å². The molecular formula is C17H25NO3. The summed E-state index contributed by atoms with van der Waals surface area (Å²) in [5, 5.41) is 0. The Hall–Kier alpha value is -1.68. The molecule has 1 amide bonds. The second-order valence-electron chi connectivity index (χ2n) is 5.81. The highest BCUT2D eigenvalue weighted by Crippen LogP contribution is 2.19. The Morgan fingerprint density at radius 3 is 2.10 bits per heavy atom. The highest BCUT2D eigenvalue weighted by atomic mass is 16.5. The van der Waals surface area contributed by atoms with Gasteiger partial charge in [-0.2, -0.15) is 0 Å². The second-order valence-corrected chi connectivity index (χ2v) is 5.81. The van der Waals surface area contributed by atoms with E-state index < -0.39 is 0 Å². The fraction of sp³-hybridized carbons (Fsp3) is 0.529. The van der Waals surface area contributed by atoms with Crippen molar-refractivity contribution in [1.29, 1.82) is 0 Å². The summed E-state index contributed by atoms with van der Waals surface area (Å²) >= 11 is 0. The van der Waals surface area contributed by atoms with Crippen molar-refractivity contribution in [3.63, 3.8) is 0 Å². The van der Waals surface area contributed by atoms with Crippen LogP contribution >= 0.6 is 0 Å². The van der Waals surface area contributed by atoms with Crippen LogP contribution in [-0.2, 0) is 14.3 Å². The smallest absolute Gasteiger partial charge is 0.252 e. The molecule has 0 aromatic heterocycles. The van der Waals surface area contributed by atoms with E-state index in [4.69, 9.17) is 4.74 Å². The molecule has 0 saturated carbocycles. The highest BCUT2D eigenvalue weighted by molar-refractivity contribution is 5.94. The van der Waals surface area contributed by atoms with Crippen LogP contribution in [0.5, 0.6) is 0 Å². The van der Waals surface area contributed by atoms with E-state index in [-0.39, 0.29) is 30.8 Å². The number of carbonyl (C=O) groups excluding carboxylic acids is 2. The van der Waals surface area contributed by atoms with Gasteiger partial charge in [0.15, 0.2) is 5.78 Å². The molecule has 1 aromatic carbocycles. The van der Waals surface area contributed by atoms with Crippen LogP contribution in [0, 0.1) is 5.92 Å².